The quantitative estimate of drug-likeness (QED) is 0.616. The van der Waals surface area contributed by atoms with Gasteiger partial charge in [-0.2, -0.15) is 0 Å². The predicted molar refractivity (Wildman–Crippen MR) is 57.9 cm³/mol. The van der Waals surface area contributed by atoms with Crippen LogP contribution in [-0.2, 0) is 9.53 Å². The highest BCUT2D eigenvalue weighted by Gasteiger charge is 2.12. The van der Waals surface area contributed by atoms with Crippen molar-refractivity contribution >= 4 is 18.0 Å². The molecule has 16 heavy (non-hydrogen) atoms. The Morgan fingerprint density at radius 3 is 2.75 bits per heavy atom. The van der Waals surface area contributed by atoms with Gasteiger partial charge in [-0.25, -0.2) is 4.79 Å². The second kappa shape index (κ2) is 5.16. The van der Waals surface area contributed by atoms with Crippen LogP contribution in [0.3, 0.4) is 0 Å². The van der Waals surface area contributed by atoms with Gasteiger partial charge in [0.15, 0.2) is 5.76 Å². The lowest BCUT2D eigenvalue weighted by Crippen LogP contribution is -2.17. The molecule has 0 fully saturated rings. The van der Waals surface area contributed by atoms with Gasteiger partial charge in [-0.15, -0.1) is 0 Å². The third kappa shape index (κ3) is 2.73. The summed E-state index contributed by atoms with van der Waals surface area (Å²) in [5.41, 5.74) is 0.712. The highest BCUT2D eigenvalue weighted by atomic mass is 16.5. The van der Waals surface area contributed by atoms with Crippen molar-refractivity contribution in [3.05, 3.63) is 29.2 Å². The molecule has 0 unspecified atom stereocenters. The molecule has 1 amide bonds. The summed E-state index contributed by atoms with van der Waals surface area (Å²) >= 11 is 0. The van der Waals surface area contributed by atoms with Crippen LogP contribution < -0.4 is 5.32 Å². The molecule has 0 aromatic carbocycles. The lowest BCUT2D eigenvalue weighted by atomic mass is 10.2. The highest BCUT2D eigenvalue weighted by Crippen LogP contribution is 2.15. The van der Waals surface area contributed by atoms with Gasteiger partial charge in [0.25, 0.3) is 5.91 Å². The Morgan fingerprint density at radius 2 is 2.19 bits per heavy atom. The SMILES string of the molecule is CNC(=O)c1oc(C=CC(=O)OC)cc1C. The van der Waals surface area contributed by atoms with Crippen molar-refractivity contribution in [2.75, 3.05) is 14.2 Å². The van der Waals surface area contributed by atoms with Gasteiger partial charge in [-0.05, 0) is 19.1 Å². The fraction of sp³-hybridized carbons (Fsp3) is 0.273. The summed E-state index contributed by atoms with van der Waals surface area (Å²) < 4.78 is 9.69. The molecule has 0 saturated heterocycles. The molecule has 86 valence electrons. The van der Waals surface area contributed by atoms with E-state index in [9.17, 15) is 9.59 Å². The predicted octanol–water partition coefficient (Wildman–Crippen LogP) is 1.13. The van der Waals surface area contributed by atoms with E-state index >= 15 is 0 Å². The summed E-state index contributed by atoms with van der Waals surface area (Å²) in [6, 6.07) is 1.67. The topological polar surface area (TPSA) is 68.5 Å². The number of carbonyl (C=O) groups excluding carboxylic acids is 2. The first-order valence-electron chi connectivity index (χ1n) is 4.67. The number of aryl methyl sites for hydroxylation is 1. The van der Waals surface area contributed by atoms with Gasteiger partial charge in [-0.1, -0.05) is 0 Å². The number of esters is 1. The molecule has 0 aliphatic rings. The van der Waals surface area contributed by atoms with E-state index in [1.807, 2.05) is 0 Å². The van der Waals surface area contributed by atoms with E-state index in [0.717, 1.165) is 0 Å². The van der Waals surface area contributed by atoms with Crippen LogP contribution in [0.25, 0.3) is 6.08 Å². The maximum absolute atomic E-state index is 11.3. The van der Waals surface area contributed by atoms with Crippen molar-refractivity contribution in [1.82, 2.24) is 5.32 Å². The van der Waals surface area contributed by atoms with E-state index in [0.29, 0.717) is 11.3 Å². The number of rotatable bonds is 3. The van der Waals surface area contributed by atoms with Crippen molar-refractivity contribution in [3.8, 4) is 0 Å². The molecule has 5 heteroatoms. The van der Waals surface area contributed by atoms with E-state index in [4.69, 9.17) is 4.42 Å². The second-order valence-electron chi connectivity index (χ2n) is 3.10. The zero-order chi connectivity index (χ0) is 12.1. The number of ether oxygens (including phenoxy) is 1. The fourth-order valence-corrected chi connectivity index (χ4v) is 1.15. The summed E-state index contributed by atoms with van der Waals surface area (Å²) in [6.45, 7) is 1.75. The smallest absolute Gasteiger partial charge is 0.330 e. The lowest BCUT2D eigenvalue weighted by Gasteiger charge is -1.94. The molecular formula is C11H13NO4. The number of hydrogen-bond donors (Lipinski definition) is 1. The van der Waals surface area contributed by atoms with Crippen LogP contribution >= 0.6 is 0 Å². The summed E-state index contributed by atoms with van der Waals surface area (Å²) in [5, 5.41) is 2.46. The number of carbonyl (C=O) groups is 2. The third-order valence-corrected chi connectivity index (χ3v) is 1.95. The van der Waals surface area contributed by atoms with Gasteiger partial charge in [0.1, 0.15) is 5.76 Å². The molecular weight excluding hydrogens is 210 g/mol. The molecule has 5 nitrogen and oxygen atoms in total. The first kappa shape index (κ1) is 12.0. The van der Waals surface area contributed by atoms with E-state index in [1.54, 1.807) is 13.0 Å². The minimum absolute atomic E-state index is 0.243. The molecule has 1 rings (SSSR count). The summed E-state index contributed by atoms with van der Waals surface area (Å²) in [6.07, 6.45) is 2.68. The van der Waals surface area contributed by atoms with E-state index in [2.05, 4.69) is 10.1 Å². The first-order chi connectivity index (χ1) is 7.58. The van der Waals surface area contributed by atoms with Gasteiger partial charge in [0, 0.05) is 18.7 Å². The van der Waals surface area contributed by atoms with E-state index < -0.39 is 5.97 Å². The maximum atomic E-state index is 11.3. The molecule has 1 aromatic heterocycles. The highest BCUT2D eigenvalue weighted by molar-refractivity contribution is 5.93. The Bertz CT molecular complexity index is 431. The molecule has 1 N–H and O–H groups in total. The second-order valence-corrected chi connectivity index (χ2v) is 3.10. The normalized spacial score (nSPS) is 10.4. The van der Waals surface area contributed by atoms with Crippen molar-refractivity contribution < 1.29 is 18.7 Å². The minimum Gasteiger partial charge on any atom is -0.466 e. The Kier molecular flexibility index (Phi) is 3.88. The number of methoxy groups -OCH3 is 1. The summed E-state index contributed by atoms with van der Waals surface area (Å²) in [4.78, 5) is 22.2. The molecule has 0 spiro atoms. The van der Waals surface area contributed by atoms with Gasteiger partial charge >= 0.3 is 5.97 Å². The van der Waals surface area contributed by atoms with Gasteiger partial charge in [0.2, 0.25) is 0 Å². The molecule has 0 bridgehead atoms. The Hall–Kier alpha value is -2.04. The van der Waals surface area contributed by atoms with Gasteiger partial charge in [0.05, 0.1) is 7.11 Å². The number of nitrogens with one attached hydrogen (secondary N) is 1. The third-order valence-electron chi connectivity index (χ3n) is 1.95. The number of amides is 1. The maximum Gasteiger partial charge on any atom is 0.330 e. The van der Waals surface area contributed by atoms with Crippen LogP contribution in [0.4, 0.5) is 0 Å². The van der Waals surface area contributed by atoms with Gasteiger partial charge in [-0.3, -0.25) is 4.79 Å². The molecule has 0 saturated carbocycles. The molecule has 0 radical (unpaired) electrons. The van der Waals surface area contributed by atoms with Crippen LogP contribution in [0.15, 0.2) is 16.6 Å². The Balaban J connectivity index is 2.89. The zero-order valence-corrected chi connectivity index (χ0v) is 9.37. The molecule has 1 aromatic rings. The molecule has 0 atom stereocenters. The monoisotopic (exact) mass is 223 g/mol. The first-order valence-corrected chi connectivity index (χ1v) is 4.67. The lowest BCUT2D eigenvalue weighted by molar-refractivity contribution is -0.134. The van der Waals surface area contributed by atoms with Crippen molar-refractivity contribution in [3.63, 3.8) is 0 Å². The Labute approximate surface area is 93.1 Å². The van der Waals surface area contributed by atoms with Crippen LogP contribution in [0.5, 0.6) is 0 Å². The number of furan rings is 1. The van der Waals surface area contributed by atoms with Crippen LogP contribution in [-0.4, -0.2) is 26.0 Å². The largest absolute Gasteiger partial charge is 0.466 e. The van der Waals surface area contributed by atoms with Crippen LogP contribution in [0.2, 0.25) is 0 Å². The summed E-state index contributed by atoms with van der Waals surface area (Å²) in [7, 11) is 2.81. The average molecular weight is 223 g/mol. The van der Waals surface area contributed by atoms with Crippen LogP contribution in [0.1, 0.15) is 21.9 Å². The zero-order valence-electron chi connectivity index (χ0n) is 9.37. The molecule has 0 aliphatic heterocycles. The molecule has 0 aliphatic carbocycles. The Morgan fingerprint density at radius 1 is 1.50 bits per heavy atom. The fourth-order valence-electron chi connectivity index (χ4n) is 1.15. The van der Waals surface area contributed by atoms with Crippen LogP contribution in [0, 0.1) is 6.92 Å². The van der Waals surface area contributed by atoms with Crippen molar-refractivity contribution in [1.29, 1.82) is 0 Å². The summed E-state index contributed by atoms with van der Waals surface area (Å²) in [5.74, 6) is -0.0979. The standard InChI is InChI=1S/C11H13NO4/c1-7-6-8(4-5-9(13)15-3)16-10(7)11(14)12-2/h4-6H,1-3H3,(H,12,14). The van der Waals surface area contributed by atoms with E-state index in [-0.39, 0.29) is 11.7 Å². The minimum atomic E-state index is -0.476. The van der Waals surface area contributed by atoms with Crippen molar-refractivity contribution in [2.45, 2.75) is 6.92 Å². The van der Waals surface area contributed by atoms with E-state index in [1.165, 1.54) is 26.3 Å². The van der Waals surface area contributed by atoms with Gasteiger partial charge < -0.3 is 14.5 Å². The molecule has 1 heterocycles. The van der Waals surface area contributed by atoms with Crippen molar-refractivity contribution in [2.24, 2.45) is 0 Å². The average Bonchev–Trinajstić information content (AvgIpc) is 2.66. The number of hydrogen-bond acceptors (Lipinski definition) is 4.